The molecule has 0 spiro atoms. The van der Waals surface area contributed by atoms with E-state index >= 15 is 0 Å². The van der Waals surface area contributed by atoms with E-state index < -0.39 is 0 Å². The molecule has 1 fully saturated rings. The first kappa shape index (κ1) is 13.6. The van der Waals surface area contributed by atoms with Gasteiger partial charge in [-0.2, -0.15) is 5.26 Å². The molecule has 1 atom stereocenters. The smallest absolute Gasteiger partial charge is 0.161 e. The normalized spacial score (nSPS) is 19.0. The van der Waals surface area contributed by atoms with E-state index in [2.05, 4.69) is 17.9 Å². The van der Waals surface area contributed by atoms with Crippen LogP contribution in [0.25, 0.3) is 0 Å². The number of nitrogens with zero attached hydrogens (tertiary/aromatic N) is 2. The van der Waals surface area contributed by atoms with E-state index in [1.807, 2.05) is 6.07 Å². The molecular weight excluding hydrogens is 236 g/mol. The van der Waals surface area contributed by atoms with Gasteiger partial charge in [-0.25, -0.2) is 0 Å². The van der Waals surface area contributed by atoms with Crippen LogP contribution in [0.1, 0.15) is 55.5 Å². The fourth-order valence-electron chi connectivity index (χ4n) is 2.88. The summed E-state index contributed by atoms with van der Waals surface area (Å²) in [5, 5.41) is 9.06. The van der Waals surface area contributed by atoms with Crippen molar-refractivity contribution in [2.24, 2.45) is 0 Å². The molecule has 1 heterocycles. The van der Waals surface area contributed by atoms with Crippen molar-refractivity contribution in [2.45, 2.75) is 45.6 Å². The third-order valence-electron chi connectivity index (χ3n) is 3.91. The van der Waals surface area contributed by atoms with Gasteiger partial charge in [0, 0.05) is 23.8 Å². The van der Waals surface area contributed by atoms with Gasteiger partial charge < -0.3 is 4.90 Å². The molecule has 3 heteroatoms. The van der Waals surface area contributed by atoms with Crippen molar-refractivity contribution in [3.8, 4) is 6.07 Å². The Kier molecular flexibility index (Phi) is 4.21. The highest BCUT2D eigenvalue weighted by atomic mass is 16.1. The first-order chi connectivity index (χ1) is 9.17. The van der Waals surface area contributed by atoms with Crippen LogP contribution in [0.15, 0.2) is 18.2 Å². The number of carbonyl (C=O) groups excluding carboxylic acids is 1. The Balaban J connectivity index is 2.46. The van der Waals surface area contributed by atoms with Crippen LogP contribution in [0, 0.1) is 11.3 Å². The molecule has 0 aromatic heterocycles. The number of benzene rings is 1. The van der Waals surface area contributed by atoms with Crippen molar-refractivity contribution < 1.29 is 4.79 Å². The van der Waals surface area contributed by atoms with Crippen LogP contribution in [0.4, 0.5) is 5.69 Å². The number of piperidine rings is 1. The monoisotopic (exact) mass is 256 g/mol. The number of anilines is 1. The first-order valence-electron chi connectivity index (χ1n) is 6.99. The molecule has 1 unspecified atom stereocenters. The molecule has 0 aliphatic carbocycles. The van der Waals surface area contributed by atoms with E-state index in [1.54, 1.807) is 19.1 Å². The molecule has 19 heavy (non-hydrogen) atoms. The van der Waals surface area contributed by atoms with Gasteiger partial charge >= 0.3 is 0 Å². The lowest BCUT2D eigenvalue weighted by Gasteiger charge is -2.38. The minimum absolute atomic E-state index is 0.0694. The Bertz CT molecular complexity index is 516. The summed E-state index contributed by atoms with van der Waals surface area (Å²) in [6.45, 7) is 4.76. The van der Waals surface area contributed by atoms with E-state index in [1.165, 1.54) is 12.8 Å². The molecule has 1 aliphatic heterocycles. The van der Waals surface area contributed by atoms with E-state index in [0.717, 1.165) is 30.6 Å². The molecular formula is C16H20N2O. The van der Waals surface area contributed by atoms with E-state index in [9.17, 15) is 4.79 Å². The lowest BCUT2D eigenvalue weighted by Crippen LogP contribution is -2.39. The predicted octanol–water partition coefficient (Wildman–Crippen LogP) is 3.53. The average molecular weight is 256 g/mol. The van der Waals surface area contributed by atoms with Gasteiger partial charge in [-0.15, -0.1) is 0 Å². The maximum atomic E-state index is 11.8. The maximum absolute atomic E-state index is 11.8. The van der Waals surface area contributed by atoms with Gasteiger partial charge in [0.15, 0.2) is 5.78 Å². The van der Waals surface area contributed by atoms with Gasteiger partial charge in [-0.1, -0.05) is 6.92 Å². The van der Waals surface area contributed by atoms with Crippen LogP contribution in [-0.2, 0) is 0 Å². The zero-order valence-electron chi connectivity index (χ0n) is 11.6. The second-order valence-corrected chi connectivity index (χ2v) is 5.15. The lowest BCUT2D eigenvalue weighted by atomic mass is 9.96. The number of ketones is 1. The molecule has 0 radical (unpaired) electrons. The molecule has 100 valence electrons. The molecule has 1 aromatic rings. The van der Waals surface area contributed by atoms with Gasteiger partial charge in [-0.05, 0) is 50.8 Å². The second kappa shape index (κ2) is 5.88. The minimum atomic E-state index is 0.0694. The van der Waals surface area contributed by atoms with E-state index in [0.29, 0.717) is 11.6 Å². The minimum Gasteiger partial charge on any atom is -0.368 e. The Morgan fingerprint density at radius 3 is 2.89 bits per heavy atom. The van der Waals surface area contributed by atoms with Gasteiger partial charge in [0.1, 0.15) is 0 Å². The molecule has 2 rings (SSSR count). The predicted molar refractivity (Wildman–Crippen MR) is 76.4 cm³/mol. The molecule has 0 N–H and O–H groups in total. The molecule has 3 nitrogen and oxygen atoms in total. The summed E-state index contributed by atoms with van der Waals surface area (Å²) in [6, 6.07) is 8.04. The molecule has 1 saturated heterocycles. The van der Waals surface area contributed by atoms with Crippen LogP contribution < -0.4 is 4.90 Å². The van der Waals surface area contributed by atoms with Crippen molar-refractivity contribution in [3.63, 3.8) is 0 Å². The Hall–Kier alpha value is -1.82. The van der Waals surface area contributed by atoms with Crippen LogP contribution in [0.2, 0.25) is 0 Å². The zero-order chi connectivity index (χ0) is 13.8. The summed E-state index contributed by atoms with van der Waals surface area (Å²) in [4.78, 5) is 14.1. The topological polar surface area (TPSA) is 44.1 Å². The number of nitriles is 1. The third kappa shape index (κ3) is 2.78. The van der Waals surface area contributed by atoms with Crippen molar-refractivity contribution in [3.05, 3.63) is 29.3 Å². The van der Waals surface area contributed by atoms with Crippen LogP contribution >= 0.6 is 0 Å². The summed E-state index contributed by atoms with van der Waals surface area (Å²) in [6.07, 6.45) is 4.66. The largest absolute Gasteiger partial charge is 0.368 e. The molecule has 0 amide bonds. The quantitative estimate of drug-likeness (QED) is 0.777. The van der Waals surface area contributed by atoms with E-state index in [-0.39, 0.29) is 5.78 Å². The highest BCUT2D eigenvalue weighted by Gasteiger charge is 2.24. The Morgan fingerprint density at radius 1 is 1.47 bits per heavy atom. The van der Waals surface area contributed by atoms with Crippen molar-refractivity contribution >= 4 is 11.5 Å². The van der Waals surface area contributed by atoms with Crippen LogP contribution in [-0.4, -0.2) is 18.4 Å². The first-order valence-corrected chi connectivity index (χ1v) is 6.99. The number of Topliss-reactive ketones (excluding diaryl/α,β-unsaturated/α-hetero) is 1. The summed E-state index contributed by atoms with van der Waals surface area (Å²) < 4.78 is 0. The van der Waals surface area contributed by atoms with Crippen LogP contribution in [0.5, 0.6) is 0 Å². The Morgan fingerprint density at radius 2 is 2.26 bits per heavy atom. The fraction of sp³-hybridized carbons (Fsp3) is 0.500. The summed E-state index contributed by atoms with van der Waals surface area (Å²) in [5.41, 5.74) is 2.30. The molecule has 0 saturated carbocycles. The number of rotatable bonds is 3. The number of carbonyl (C=O) groups is 1. The fourth-order valence-corrected chi connectivity index (χ4v) is 2.88. The summed E-state index contributed by atoms with van der Waals surface area (Å²) >= 11 is 0. The van der Waals surface area contributed by atoms with E-state index in [4.69, 9.17) is 5.26 Å². The Labute approximate surface area is 114 Å². The van der Waals surface area contributed by atoms with Crippen molar-refractivity contribution in [1.29, 1.82) is 5.26 Å². The highest BCUT2D eigenvalue weighted by Crippen LogP contribution is 2.30. The number of hydrogen-bond donors (Lipinski definition) is 0. The molecule has 1 aliphatic rings. The van der Waals surface area contributed by atoms with Crippen molar-refractivity contribution in [2.75, 3.05) is 11.4 Å². The van der Waals surface area contributed by atoms with Gasteiger partial charge in [0.05, 0.1) is 11.6 Å². The van der Waals surface area contributed by atoms with Gasteiger partial charge in [0.2, 0.25) is 0 Å². The summed E-state index contributed by atoms with van der Waals surface area (Å²) in [5.74, 6) is 0.0694. The SMILES string of the molecule is CCC1CCCCN1c1cc(C#N)ccc1C(C)=O. The highest BCUT2D eigenvalue weighted by molar-refractivity contribution is 6.00. The van der Waals surface area contributed by atoms with Gasteiger partial charge in [-0.3, -0.25) is 4.79 Å². The molecule has 0 bridgehead atoms. The maximum Gasteiger partial charge on any atom is 0.161 e. The number of hydrogen-bond acceptors (Lipinski definition) is 3. The second-order valence-electron chi connectivity index (χ2n) is 5.15. The summed E-state index contributed by atoms with van der Waals surface area (Å²) in [7, 11) is 0. The average Bonchev–Trinajstić information content (AvgIpc) is 2.46. The van der Waals surface area contributed by atoms with Gasteiger partial charge in [0.25, 0.3) is 0 Å². The van der Waals surface area contributed by atoms with Crippen molar-refractivity contribution in [1.82, 2.24) is 0 Å². The standard InChI is InChI=1S/C16H20N2O/c1-3-14-6-4-5-9-18(14)16-10-13(11-17)7-8-15(16)12(2)19/h7-8,10,14H,3-6,9H2,1-2H3. The lowest BCUT2D eigenvalue weighted by molar-refractivity contribution is 0.101. The zero-order valence-corrected chi connectivity index (χ0v) is 11.6. The molecule has 1 aromatic carbocycles. The third-order valence-corrected chi connectivity index (χ3v) is 3.91. The van der Waals surface area contributed by atoms with Crippen LogP contribution in [0.3, 0.4) is 0 Å².